The number of furan rings is 1. The topological polar surface area (TPSA) is 55.9 Å². The zero-order valence-electron chi connectivity index (χ0n) is 12.8. The smallest absolute Gasteiger partial charge is 0.138 e. The first-order chi connectivity index (χ1) is 9.63. The summed E-state index contributed by atoms with van der Waals surface area (Å²) in [6.45, 7) is 9.39. The van der Waals surface area contributed by atoms with Gasteiger partial charge in [-0.05, 0) is 39.8 Å². The maximum Gasteiger partial charge on any atom is 0.138 e. The molecule has 0 saturated heterocycles. The van der Waals surface area contributed by atoms with Crippen LogP contribution in [-0.4, -0.2) is 21.3 Å². The Kier molecular flexibility index (Phi) is 4.95. The van der Waals surface area contributed by atoms with Gasteiger partial charge in [0.1, 0.15) is 17.9 Å². The van der Waals surface area contributed by atoms with E-state index in [0.717, 1.165) is 31.0 Å². The number of rotatable bonds is 7. The van der Waals surface area contributed by atoms with E-state index < -0.39 is 0 Å². The van der Waals surface area contributed by atoms with Crippen LogP contribution < -0.4 is 5.32 Å². The monoisotopic (exact) mass is 276 g/mol. The molecule has 0 aliphatic heterocycles. The first-order valence-corrected chi connectivity index (χ1v) is 7.29. The van der Waals surface area contributed by atoms with Crippen LogP contribution in [-0.2, 0) is 6.42 Å². The molecule has 0 amide bonds. The van der Waals surface area contributed by atoms with Crippen LogP contribution in [0.5, 0.6) is 0 Å². The van der Waals surface area contributed by atoms with Crippen LogP contribution in [0.4, 0.5) is 0 Å². The fourth-order valence-electron chi connectivity index (χ4n) is 2.40. The van der Waals surface area contributed by atoms with Crippen LogP contribution in [0, 0.1) is 6.92 Å². The van der Waals surface area contributed by atoms with Gasteiger partial charge in [0.25, 0.3) is 0 Å². The van der Waals surface area contributed by atoms with Crippen LogP contribution in [0.3, 0.4) is 0 Å². The molecule has 1 unspecified atom stereocenters. The van der Waals surface area contributed by atoms with Gasteiger partial charge in [0.2, 0.25) is 0 Å². The third-order valence-corrected chi connectivity index (χ3v) is 3.44. The number of aryl methyl sites for hydroxylation is 1. The Labute approximate surface area is 120 Å². The lowest BCUT2D eigenvalue weighted by Crippen LogP contribution is -2.26. The number of nitrogens with one attached hydrogen (secondary N) is 1. The minimum Gasteiger partial charge on any atom is -0.469 e. The van der Waals surface area contributed by atoms with Gasteiger partial charge in [-0.15, -0.1) is 0 Å². The molecule has 0 spiro atoms. The van der Waals surface area contributed by atoms with Gasteiger partial charge in [-0.25, -0.2) is 9.67 Å². The van der Waals surface area contributed by atoms with Crippen molar-refractivity contribution in [1.29, 1.82) is 0 Å². The number of nitrogens with zero attached hydrogens (tertiary/aromatic N) is 3. The lowest BCUT2D eigenvalue weighted by Gasteiger charge is -2.19. The highest BCUT2D eigenvalue weighted by Gasteiger charge is 2.19. The van der Waals surface area contributed by atoms with E-state index in [-0.39, 0.29) is 6.04 Å². The summed E-state index contributed by atoms with van der Waals surface area (Å²) < 4.78 is 7.42. The van der Waals surface area contributed by atoms with Crippen LogP contribution >= 0.6 is 0 Å². The quantitative estimate of drug-likeness (QED) is 0.844. The van der Waals surface area contributed by atoms with Crippen LogP contribution in [0.1, 0.15) is 56.4 Å². The van der Waals surface area contributed by atoms with Gasteiger partial charge in [0, 0.05) is 24.1 Å². The van der Waals surface area contributed by atoms with E-state index >= 15 is 0 Å². The van der Waals surface area contributed by atoms with Gasteiger partial charge in [-0.2, -0.15) is 5.10 Å². The van der Waals surface area contributed by atoms with Crippen molar-refractivity contribution in [1.82, 2.24) is 20.1 Å². The second kappa shape index (κ2) is 6.70. The fraction of sp³-hybridized carbons (Fsp3) is 0.600. The molecule has 0 bridgehead atoms. The predicted molar refractivity (Wildman–Crippen MR) is 78.6 cm³/mol. The van der Waals surface area contributed by atoms with E-state index in [2.05, 4.69) is 36.2 Å². The summed E-state index contributed by atoms with van der Waals surface area (Å²) in [5, 5.41) is 7.88. The highest BCUT2D eigenvalue weighted by Crippen LogP contribution is 2.22. The maximum absolute atomic E-state index is 5.44. The second-order valence-electron chi connectivity index (χ2n) is 5.36. The minimum atomic E-state index is 0.218. The molecule has 0 aromatic carbocycles. The summed E-state index contributed by atoms with van der Waals surface area (Å²) in [5.74, 6) is 1.98. The molecule has 20 heavy (non-hydrogen) atoms. The standard InChI is InChI=1S/C15H24N4O/c1-5-7-16-14(13-6-8-20-12(13)4)9-15-17-10-18-19(15)11(2)3/h6,8,10-11,14,16H,5,7,9H2,1-4H3. The lowest BCUT2D eigenvalue weighted by atomic mass is 10.0. The number of hydrogen-bond donors (Lipinski definition) is 1. The van der Waals surface area contributed by atoms with E-state index in [1.54, 1.807) is 12.6 Å². The molecule has 2 aromatic heterocycles. The summed E-state index contributed by atoms with van der Waals surface area (Å²) in [4.78, 5) is 4.41. The zero-order chi connectivity index (χ0) is 14.5. The van der Waals surface area contributed by atoms with Crippen molar-refractivity contribution >= 4 is 0 Å². The highest BCUT2D eigenvalue weighted by atomic mass is 16.3. The van der Waals surface area contributed by atoms with E-state index in [9.17, 15) is 0 Å². The van der Waals surface area contributed by atoms with Crippen molar-refractivity contribution in [3.8, 4) is 0 Å². The molecule has 1 N–H and O–H groups in total. The molecule has 110 valence electrons. The lowest BCUT2D eigenvalue weighted by molar-refractivity contribution is 0.455. The van der Waals surface area contributed by atoms with Crippen molar-refractivity contribution in [2.45, 2.75) is 52.6 Å². The SMILES string of the molecule is CCCNC(Cc1ncnn1C(C)C)c1ccoc1C. The van der Waals surface area contributed by atoms with Crippen LogP contribution in [0.25, 0.3) is 0 Å². The third-order valence-electron chi connectivity index (χ3n) is 3.44. The summed E-state index contributed by atoms with van der Waals surface area (Å²) in [6, 6.07) is 2.58. The van der Waals surface area contributed by atoms with Crippen LogP contribution in [0.15, 0.2) is 23.1 Å². The maximum atomic E-state index is 5.44. The van der Waals surface area contributed by atoms with Gasteiger partial charge in [0.05, 0.1) is 6.26 Å². The molecule has 0 fully saturated rings. The normalized spacial score (nSPS) is 13.1. The Morgan fingerprint density at radius 3 is 2.80 bits per heavy atom. The molecule has 0 aliphatic rings. The summed E-state index contributed by atoms with van der Waals surface area (Å²) in [6.07, 6.45) is 5.30. The van der Waals surface area contributed by atoms with E-state index in [1.807, 2.05) is 17.7 Å². The Morgan fingerprint density at radius 2 is 2.20 bits per heavy atom. The summed E-state index contributed by atoms with van der Waals surface area (Å²) >= 11 is 0. The molecule has 0 radical (unpaired) electrons. The summed E-state index contributed by atoms with van der Waals surface area (Å²) in [7, 11) is 0. The molecule has 2 rings (SSSR count). The first-order valence-electron chi connectivity index (χ1n) is 7.29. The molecule has 2 heterocycles. The summed E-state index contributed by atoms with van der Waals surface area (Å²) in [5.41, 5.74) is 1.21. The van der Waals surface area contributed by atoms with Crippen LogP contribution in [0.2, 0.25) is 0 Å². The van der Waals surface area contributed by atoms with Gasteiger partial charge in [-0.3, -0.25) is 0 Å². The van der Waals surface area contributed by atoms with Crippen molar-refractivity contribution in [3.05, 3.63) is 35.8 Å². The Morgan fingerprint density at radius 1 is 1.40 bits per heavy atom. The van der Waals surface area contributed by atoms with E-state index in [1.165, 1.54) is 5.56 Å². The Bertz CT molecular complexity index is 529. The van der Waals surface area contributed by atoms with Crippen molar-refractivity contribution in [2.24, 2.45) is 0 Å². The zero-order valence-corrected chi connectivity index (χ0v) is 12.8. The molecule has 1 atom stereocenters. The van der Waals surface area contributed by atoms with Crippen molar-refractivity contribution in [3.63, 3.8) is 0 Å². The molecular weight excluding hydrogens is 252 g/mol. The van der Waals surface area contributed by atoms with Crippen molar-refractivity contribution < 1.29 is 4.42 Å². The third kappa shape index (κ3) is 3.28. The Hall–Kier alpha value is -1.62. The highest BCUT2D eigenvalue weighted by molar-refractivity contribution is 5.21. The molecule has 0 saturated carbocycles. The minimum absolute atomic E-state index is 0.218. The molecule has 5 nitrogen and oxygen atoms in total. The van der Waals surface area contributed by atoms with Gasteiger partial charge < -0.3 is 9.73 Å². The largest absolute Gasteiger partial charge is 0.469 e. The first kappa shape index (κ1) is 14.8. The molecule has 2 aromatic rings. The van der Waals surface area contributed by atoms with Gasteiger partial charge in [0.15, 0.2) is 0 Å². The average Bonchev–Trinajstić information content (AvgIpc) is 3.03. The van der Waals surface area contributed by atoms with Gasteiger partial charge >= 0.3 is 0 Å². The second-order valence-corrected chi connectivity index (χ2v) is 5.36. The average molecular weight is 276 g/mol. The van der Waals surface area contributed by atoms with Gasteiger partial charge in [-0.1, -0.05) is 6.92 Å². The van der Waals surface area contributed by atoms with E-state index in [0.29, 0.717) is 6.04 Å². The van der Waals surface area contributed by atoms with Crippen molar-refractivity contribution in [2.75, 3.05) is 6.54 Å². The Balaban J connectivity index is 2.19. The predicted octanol–water partition coefficient (Wildman–Crippen LogP) is 3.04. The number of aromatic nitrogens is 3. The molecular formula is C15H24N4O. The molecule has 5 heteroatoms. The fourth-order valence-corrected chi connectivity index (χ4v) is 2.40. The number of hydrogen-bond acceptors (Lipinski definition) is 4. The van der Waals surface area contributed by atoms with E-state index in [4.69, 9.17) is 4.42 Å². The molecule has 0 aliphatic carbocycles.